The standard InChI is InChI=1S/C20H20ClN3O3/c1-13(18-7-3-9-26-18)22-20(25)16-12-17(19-8-4-10-27-19)24(23-16)15-6-2-5-14(21)11-15/h2,4-6,8,10-13,18H,3,7,9H2,1H3,(H,22,25). The molecule has 1 aliphatic heterocycles. The van der Waals surface area contributed by atoms with E-state index >= 15 is 0 Å². The van der Waals surface area contributed by atoms with Gasteiger partial charge in [0, 0.05) is 17.7 Å². The Morgan fingerprint density at radius 1 is 1.33 bits per heavy atom. The Morgan fingerprint density at radius 3 is 2.93 bits per heavy atom. The second-order valence-electron chi connectivity index (χ2n) is 6.60. The van der Waals surface area contributed by atoms with Gasteiger partial charge in [-0.15, -0.1) is 0 Å². The van der Waals surface area contributed by atoms with E-state index in [9.17, 15) is 4.79 Å². The van der Waals surface area contributed by atoms with Crippen molar-refractivity contribution < 1.29 is 13.9 Å². The Hall–Kier alpha value is -2.57. The van der Waals surface area contributed by atoms with Crippen LogP contribution in [0.5, 0.6) is 0 Å². The number of hydrogen-bond acceptors (Lipinski definition) is 4. The Balaban J connectivity index is 1.65. The molecule has 1 saturated heterocycles. The molecule has 140 valence electrons. The molecule has 0 spiro atoms. The average Bonchev–Trinajstić information content (AvgIpc) is 3.42. The van der Waals surface area contributed by atoms with Crippen LogP contribution in [-0.4, -0.2) is 34.4 Å². The van der Waals surface area contributed by atoms with Gasteiger partial charge in [-0.05, 0) is 50.1 Å². The molecule has 1 N–H and O–H groups in total. The molecule has 1 aromatic carbocycles. The molecule has 0 saturated carbocycles. The lowest BCUT2D eigenvalue weighted by Crippen LogP contribution is -2.41. The van der Waals surface area contributed by atoms with Crippen molar-refractivity contribution in [2.75, 3.05) is 6.61 Å². The number of halogens is 1. The molecule has 0 aliphatic carbocycles. The highest BCUT2D eigenvalue weighted by molar-refractivity contribution is 6.30. The lowest BCUT2D eigenvalue weighted by Gasteiger charge is -2.19. The van der Waals surface area contributed by atoms with Crippen LogP contribution in [0.1, 0.15) is 30.3 Å². The summed E-state index contributed by atoms with van der Waals surface area (Å²) in [4.78, 5) is 12.7. The van der Waals surface area contributed by atoms with Crippen LogP contribution in [0.2, 0.25) is 5.02 Å². The number of amides is 1. The first-order valence-corrected chi connectivity index (χ1v) is 9.32. The molecule has 1 amide bonds. The van der Waals surface area contributed by atoms with Crippen molar-refractivity contribution in [3.63, 3.8) is 0 Å². The molecule has 1 fully saturated rings. The van der Waals surface area contributed by atoms with E-state index in [2.05, 4.69) is 10.4 Å². The summed E-state index contributed by atoms with van der Waals surface area (Å²) in [5.41, 5.74) is 1.74. The Bertz CT molecular complexity index is 930. The van der Waals surface area contributed by atoms with Crippen LogP contribution < -0.4 is 5.32 Å². The zero-order valence-corrected chi connectivity index (χ0v) is 15.6. The maximum absolute atomic E-state index is 12.7. The first-order chi connectivity index (χ1) is 13.1. The van der Waals surface area contributed by atoms with Gasteiger partial charge in [-0.3, -0.25) is 4.79 Å². The molecule has 4 rings (SSSR count). The fraction of sp³-hybridized carbons (Fsp3) is 0.300. The average molecular weight is 386 g/mol. The smallest absolute Gasteiger partial charge is 0.272 e. The SMILES string of the molecule is CC(NC(=O)c1cc(-c2ccco2)n(-c2cccc(Cl)c2)n1)C1CCCO1. The summed E-state index contributed by atoms with van der Waals surface area (Å²) in [6.07, 6.45) is 3.62. The van der Waals surface area contributed by atoms with Crippen molar-refractivity contribution >= 4 is 17.5 Å². The molecule has 2 atom stereocenters. The number of nitrogens with zero attached hydrogens (tertiary/aromatic N) is 2. The minimum absolute atomic E-state index is 0.0495. The Kier molecular flexibility index (Phi) is 5.01. The quantitative estimate of drug-likeness (QED) is 0.718. The Labute approximate surface area is 162 Å². The summed E-state index contributed by atoms with van der Waals surface area (Å²) in [5.74, 6) is 0.375. The molecular weight excluding hydrogens is 366 g/mol. The third kappa shape index (κ3) is 3.77. The summed E-state index contributed by atoms with van der Waals surface area (Å²) < 4.78 is 12.8. The molecule has 2 unspecified atom stereocenters. The molecule has 7 heteroatoms. The summed E-state index contributed by atoms with van der Waals surface area (Å²) in [6, 6.07) is 12.6. The normalized spacial score (nSPS) is 17.8. The molecule has 3 heterocycles. The van der Waals surface area contributed by atoms with Crippen LogP contribution in [0.15, 0.2) is 53.1 Å². The topological polar surface area (TPSA) is 69.3 Å². The van der Waals surface area contributed by atoms with Crippen LogP contribution in [-0.2, 0) is 4.74 Å². The third-order valence-electron chi connectivity index (χ3n) is 4.65. The zero-order chi connectivity index (χ0) is 18.8. The minimum Gasteiger partial charge on any atom is -0.463 e. The monoisotopic (exact) mass is 385 g/mol. The van der Waals surface area contributed by atoms with Crippen molar-refractivity contribution in [3.8, 4) is 17.1 Å². The van der Waals surface area contributed by atoms with Gasteiger partial charge in [-0.2, -0.15) is 5.10 Å². The number of nitrogens with one attached hydrogen (secondary N) is 1. The third-order valence-corrected chi connectivity index (χ3v) is 4.88. The summed E-state index contributed by atoms with van der Waals surface area (Å²) >= 11 is 6.13. The largest absolute Gasteiger partial charge is 0.463 e. The highest BCUT2D eigenvalue weighted by Crippen LogP contribution is 2.26. The van der Waals surface area contributed by atoms with Gasteiger partial charge in [-0.1, -0.05) is 17.7 Å². The van der Waals surface area contributed by atoms with Crippen LogP contribution in [0.4, 0.5) is 0 Å². The zero-order valence-electron chi connectivity index (χ0n) is 14.9. The number of furan rings is 1. The summed E-state index contributed by atoms with van der Waals surface area (Å²) in [6.45, 7) is 2.70. The lowest BCUT2D eigenvalue weighted by atomic mass is 10.1. The van der Waals surface area contributed by atoms with E-state index in [-0.39, 0.29) is 18.1 Å². The molecule has 1 aliphatic rings. The lowest BCUT2D eigenvalue weighted by molar-refractivity contribution is 0.0709. The highest BCUT2D eigenvalue weighted by Gasteiger charge is 2.26. The summed E-state index contributed by atoms with van der Waals surface area (Å²) in [5, 5.41) is 8.08. The van der Waals surface area contributed by atoms with Gasteiger partial charge in [0.2, 0.25) is 0 Å². The number of carbonyl (C=O) groups is 1. The molecule has 0 bridgehead atoms. The van der Waals surface area contributed by atoms with Gasteiger partial charge in [0.15, 0.2) is 11.5 Å². The number of rotatable bonds is 5. The number of aromatic nitrogens is 2. The van der Waals surface area contributed by atoms with Crippen molar-refractivity contribution in [1.29, 1.82) is 0 Å². The van der Waals surface area contributed by atoms with Crippen molar-refractivity contribution in [2.24, 2.45) is 0 Å². The second-order valence-corrected chi connectivity index (χ2v) is 7.03. The number of carbonyl (C=O) groups excluding carboxylic acids is 1. The van der Waals surface area contributed by atoms with Gasteiger partial charge in [0.05, 0.1) is 24.1 Å². The van der Waals surface area contributed by atoms with Crippen LogP contribution in [0.3, 0.4) is 0 Å². The minimum atomic E-state index is -0.244. The first-order valence-electron chi connectivity index (χ1n) is 8.94. The molecule has 27 heavy (non-hydrogen) atoms. The van der Waals surface area contributed by atoms with E-state index in [1.807, 2.05) is 25.1 Å². The molecule has 0 radical (unpaired) electrons. The van der Waals surface area contributed by atoms with Gasteiger partial charge < -0.3 is 14.5 Å². The molecule has 2 aromatic heterocycles. The van der Waals surface area contributed by atoms with Gasteiger partial charge in [0.1, 0.15) is 5.69 Å². The second kappa shape index (κ2) is 7.58. The predicted octanol–water partition coefficient (Wildman–Crippen LogP) is 4.08. The van der Waals surface area contributed by atoms with Gasteiger partial charge in [-0.25, -0.2) is 4.68 Å². The Morgan fingerprint density at radius 2 is 2.22 bits per heavy atom. The van der Waals surface area contributed by atoms with Crippen LogP contribution in [0, 0.1) is 0 Å². The van der Waals surface area contributed by atoms with Gasteiger partial charge >= 0.3 is 0 Å². The van der Waals surface area contributed by atoms with Crippen LogP contribution in [0.25, 0.3) is 17.1 Å². The van der Waals surface area contributed by atoms with E-state index in [4.69, 9.17) is 20.8 Å². The van der Waals surface area contributed by atoms with E-state index < -0.39 is 0 Å². The van der Waals surface area contributed by atoms with E-state index in [0.717, 1.165) is 25.1 Å². The maximum Gasteiger partial charge on any atom is 0.272 e. The van der Waals surface area contributed by atoms with Gasteiger partial charge in [0.25, 0.3) is 5.91 Å². The predicted molar refractivity (Wildman–Crippen MR) is 102 cm³/mol. The van der Waals surface area contributed by atoms with Crippen LogP contribution >= 0.6 is 11.6 Å². The number of hydrogen-bond donors (Lipinski definition) is 1. The highest BCUT2D eigenvalue weighted by atomic mass is 35.5. The van der Waals surface area contributed by atoms with Crippen molar-refractivity contribution in [3.05, 3.63) is 59.4 Å². The van der Waals surface area contributed by atoms with Crippen molar-refractivity contribution in [1.82, 2.24) is 15.1 Å². The van der Waals surface area contributed by atoms with E-state index in [1.54, 1.807) is 35.2 Å². The first kappa shape index (κ1) is 17.8. The van der Waals surface area contributed by atoms with Crippen molar-refractivity contribution in [2.45, 2.75) is 31.9 Å². The van der Waals surface area contributed by atoms with E-state index in [1.165, 1.54) is 0 Å². The molecule has 3 aromatic rings. The molecule has 6 nitrogen and oxygen atoms in total. The molecular formula is C20H20ClN3O3. The fourth-order valence-electron chi connectivity index (χ4n) is 3.27. The fourth-order valence-corrected chi connectivity index (χ4v) is 3.45. The number of ether oxygens (including phenoxy) is 1. The van der Waals surface area contributed by atoms with E-state index in [0.29, 0.717) is 22.2 Å². The maximum atomic E-state index is 12.7. The number of benzene rings is 1. The summed E-state index contributed by atoms with van der Waals surface area (Å²) in [7, 11) is 0.